The molecule has 9 heteroatoms. The van der Waals surface area contributed by atoms with Gasteiger partial charge in [-0.15, -0.1) is 0 Å². The van der Waals surface area contributed by atoms with Gasteiger partial charge in [0.1, 0.15) is 18.4 Å². The minimum atomic E-state index is -1.16. The van der Waals surface area contributed by atoms with Crippen LogP contribution < -0.4 is 14.4 Å². The van der Waals surface area contributed by atoms with Gasteiger partial charge in [-0.05, 0) is 6.07 Å². The first-order valence-electron chi connectivity index (χ1n) is 7.51. The van der Waals surface area contributed by atoms with E-state index in [0.717, 1.165) is 0 Å². The van der Waals surface area contributed by atoms with Gasteiger partial charge >= 0.3 is 5.97 Å². The molecule has 0 aliphatic carbocycles. The van der Waals surface area contributed by atoms with E-state index >= 15 is 0 Å². The maximum atomic E-state index is 11.6. The second-order valence-electron chi connectivity index (χ2n) is 4.62. The van der Waals surface area contributed by atoms with Crippen LogP contribution in [0.2, 0.25) is 5.02 Å². The van der Waals surface area contributed by atoms with Crippen LogP contribution in [0.3, 0.4) is 0 Å². The Morgan fingerprint density at radius 1 is 1.48 bits per heavy atom. The normalized spacial score (nSPS) is 12.1. The van der Waals surface area contributed by atoms with Gasteiger partial charge in [0, 0.05) is 0 Å². The number of hydrogen-bond acceptors (Lipinski definition) is 6. The molecular weight excluding hydrogens is 352 g/mol. The van der Waals surface area contributed by atoms with Crippen LogP contribution in [0.15, 0.2) is 22.9 Å². The predicted octanol–water partition coefficient (Wildman–Crippen LogP) is 2.64. The van der Waals surface area contributed by atoms with E-state index in [-0.39, 0.29) is 27.6 Å². The monoisotopic (exact) mass is 372 g/mol. The molecule has 2 aromatic rings. The van der Waals surface area contributed by atoms with Crippen LogP contribution in [0, 0.1) is 0 Å². The summed E-state index contributed by atoms with van der Waals surface area (Å²) in [6, 6.07) is 1.63. The van der Waals surface area contributed by atoms with E-state index in [1.54, 1.807) is 12.3 Å². The summed E-state index contributed by atoms with van der Waals surface area (Å²) in [7, 11) is 1.37. The SMILES string of the molecule is CC.COc1c(Cl)cc2c(c1C(=O)O)OCCN2Cc1ncco1.O. The Kier molecular flexibility index (Phi) is 7.53. The molecule has 1 aliphatic rings. The van der Waals surface area contributed by atoms with Crippen molar-refractivity contribution < 1.29 is 29.3 Å². The van der Waals surface area contributed by atoms with E-state index in [1.165, 1.54) is 13.4 Å². The molecule has 0 saturated carbocycles. The zero-order valence-corrected chi connectivity index (χ0v) is 15.0. The number of rotatable bonds is 4. The number of carboxylic acids is 1. The van der Waals surface area contributed by atoms with Crippen molar-refractivity contribution >= 4 is 23.3 Å². The lowest BCUT2D eigenvalue weighted by atomic mass is 10.1. The van der Waals surface area contributed by atoms with Crippen LogP contribution in [0.5, 0.6) is 11.5 Å². The molecule has 3 N–H and O–H groups in total. The van der Waals surface area contributed by atoms with Gasteiger partial charge in [0.15, 0.2) is 11.5 Å². The molecule has 1 aromatic heterocycles. The number of aromatic nitrogens is 1. The Morgan fingerprint density at radius 3 is 2.76 bits per heavy atom. The lowest BCUT2D eigenvalue weighted by Crippen LogP contribution is -2.33. The van der Waals surface area contributed by atoms with Crippen molar-refractivity contribution in [2.45, 2.75) is 20.4 Å². The molecule has 0 saturated heterocycles. The van der Waals surface area contributed by atoms with E-state index in [9.17, 15) is 9.90 Å². The standard InChI is InChI=1S/C14H13ClN2O5.C2H6.H2O/c1-20-12-8(15)6-9-13(11(12)14(18)19)22-5-3-17(9)7-10-16-2-4-21-10;1-2;/h2,4,6H,3,5,7H2,1H3,(H,18,19);1-2H3;1H2. The number of halogens is 1. The molecule has 0 spiro atoms. The van der Waals surface area contributed by atoms with Crippen molar-refractivity contribution in [3.63, 3.8) is 0 Å². The fraction of sp³-hybridized carbons (Fsp3) is 0.375. The van der Waals surface area contributed by atoms with Gasteiger partial charge in [-0.3, -0.25) is 0 Å². The van der Waals surface area contributed by atoms with E-state index in [0.29, 0.717) is 31.3 Å². The highest BCUT2D eigenvalue weighted by atomic mass is 35.5. The molecule has 25 heavy (non-hydrogen) atoms. The summed E-state index contributed by atoms with van der Waals surface area (Å²) < 4.78 is 15.9. The summed E-state index contributed by atoms with van der Waals surface area (Å²) in [6.07, 6.45) is 3.04. The number of benzene rings is 1. The molecule has 0 atom stereocenters. The maximum absolute atomic E-state index is 11.6. The van der Waals surface area contributed by atoms with Crippen molar-refractivity contribution in [2.24, 2.45) is 0 Å². The topological polar surface area (TPSA) is 117 Å². The van der Waals surface area contributed by atoms with Gasteiger partial charge in [-0.2, -0.15) is 0 Å². The molecule has 1 aromatic carbocycles. The van der Waals surface area contributed by atoms with E-state index in [2.05, 4.69) is 4.98 Å². The largest absolute Gasteiger partial charge is 0.494 e. The summed E-state index contributed by atoms with van der Waals surface area (Å²) in [5.74, 6) is -0.303. The average molecular weight is 373 g/mol. The Hall–Kier alpha value is -2.45. The quantitative estimate of drug-likeness (QED) is 0.876. The second-order valence-corrected chi connectivity index (χ2v) is 5.02. The van der Waals surface area contributed by atoms with Crippen LogP contribution in [-0.4, -0.2) is 41.8 Å². The van der Waals surface area contributed by atoms with Gasteiger partial charge in [0.05, 0.1) is 37.1 Å². The van der Waals surface area contributed by atoms with Gasteiger partial charge in [0.25, 0.3) is 0 Å². The third kappa shape index (κ3) is 4.15. The first kappa shape index (κ1) is 20.6. The molecule has 0 fully saturated rings. The molecule has 0 radical (unpaired) electrons. The zero-order valence-electron chi connectivity index (χ0n) is 14.2. The molecule has 8 nitrogen and oxygen atoms in total. The van der Waals surface area contributed by atoms with Crippen LogP contribution >= 0.6 is 11.6 Å². The number of oxazole rings is 1. The van der Waals surface area contributed by atoms with E-state index in [1.807, 2.05) is 18.7 Å². The molecule has 1 aliphatic heterocycles. The zero-order chi connectivity index (χ0) is 17.7. The van der Waals surface area contributed by atoms with Gasteiger partial charge in [-0.25, -0.2) is 9.78 Å². The number of hydrogen-bond donors (Lipinski definition) is 1. The van der Waals surface area contributed by atoms with E-state index in [4.69, 9.17) is 25.5 Å². The molecule has 3 rings (SSSR count). The Bertz CT molecular complexity index is 705. The Labute approximate surface area is 150 Å². The number of carboxylic acid groups (broad SMARTS) is 1. The number of nitrogens with zero attached hydrogens (tertiary/aromatic N) is 2. The number of fused-ring (bicyclic) bond motifs is 1. The summed E-state index contributed by atoms with van der Waals surface area (Å²) in [4.78, 5) is 17.5. The van der Waals surface area contributed by atoms with Crippen molar-refractivity contribution in [2.75, 3.05) is 25.2 Å². The van der Waals surface area contributed by atoms with Crippen LogP contribution in [0.1, 0.15) is 30.1 Å². The number of ether oxygens (including phenoxy) is 2. The maximum Gasteiger partial charge on any atom is 0.343 e. The smallest absolute Gasteiger partial charge is 0.343 e. The lowest BCUT2D eigenvalue weighted by Gasteiger charge is -2.31. The van der Waals surface area contributed by atoms with Crippen molar-refractivity contribution in [1.29, 1.82) is 0 Å². The van der Waals surface area contributed by atoms with Crippen molar-refractivity contribution in [1.82, 2.24) is 4.98 Å². The predicted molar refractivity (Wildman–Crippen MR) is 93.0 cm³/mol. The molecule has 2 heterocycles. The highest BCUT2D eigenvalue weighted by Gasteiger charge is 2.30. The average Bonchev–Trinajstić information content (AvgIpc) is 3.09. The third-order valence-electron chi connectivity index (χ3n) is 3.34. The first-order valence-corrected chi connectivity index (χ1v) is 7.89. The summed E-state index contributed by atoms with van der Waals surface area (Å²) >= 11 is 6.15. The fourth-order valence-corrected chi connectivity index (χ4v) is 2.69. The lowest BCUT2D eigenvalue weighted by molar-refractivity contribution is 0.0688. The van der Waals surface area contributed by atoms with Gasteiger partial charge in [-0.1, -0.05) is 25.4 Å². The minimum absolute atomic E-state index is 0. The summed E-state index contributed by atoms with van der Waals surface area (Å²) in [5.41, 5.74) is 0.495. The van der Waals surface area contributed by atoms with Crippen molar-refractivity contribution in [3.05, 3.63) is 35.0 Å². The number of anilines is 1. The summed E-state index contributed by atoms with van der Waals surface area (Å²) in [5, 5.41) is 9.66. The highest BCUT2D eigenvalue weighted by molar-refractivity contribution is 6.33. The molecule has 0 amide bonds. The fourth-order valence-electron chi connectivity index (χ4n) is 2.41. The van der Waals surface area contributed by atoms with Crippen LogP contribution in [0.4, 0.5) is 5.69 Å². The molecule has 0 unspecified atom stereocenters. The third-order valence-corrected chi connectivity index (χ3v) is 3.62. The number of carbonyl (C=O) groups is 1. The number of aromatic carboxylic acids is 1. The van der Waals surface area contributed by atoms with Crippen molar-refractivity contribution in [3.8, 4) is 11.5 Å². The van der Waals surface area contributed by atoms with E-state index < -0.39 is 5.97 Å². The first-order chi connectivity index (χ1) is 11.6. The minimum Gasteiger partial charge on any atom is -0.494 e. The molecule has 138 valence electrons. The molecular formula is C16H21ClN2O6. The Balaban J connectivity index is 0.00000101. The molecule has 0 bridgehead atoms. The van der Waals surface area contributed by atoms with Crippen LogP contribution in [0.25, 0.3) is 0 Å². The highest BCUT2D eigenvalue weighted by Crippen LogP contribution is 2.44. The second kappa shape index (κ2) is 9.14. The summed E-state index contributed by atoms with van der Waals surface area (Å²) in [6.45, 7) is 5.31. The van der Waals surface area contributed by atoms with Gasteiger partial charge < -0.3 is 29.4 Å². The number of methoxy groups -OCH3 is 1. The van der Waals surface area contributed by atoms with Gasteiger partial charge in [0.2, 0.25) is 5.89 Å². The van der Waals surface area contributed by atoms with Crippen LogP contribution in [-0.2, 0) is 6.54 Å². The Morgan fingerprint density at radius 2 is 2.20 bits per heavy atom.